The first-order valence-electron chi connectivity index (χ1n) is 5.80. The standard InChI is InChI=1S/C14H22O/c1-5-13(11(2)3)10-12-6-8-14(15-4)9-7-12/h6-9,11,13H,5,10H2,1-4H3. The summed E-state index contributed by atoms with van der Waals surface area (Å²) in [5.74, 6) is 2.49. The van der Waals surface area contributed by atoms with Gasteiger partial charge in [-0.25, -0.2) is 0 Å². The SMILES string of the molecule is CCC(Cc1ccc(OC)cc1)C(C)C. The molecule has 0 radical (unpaired) electrons. The summed E-state index contributed by atoms with van der Waals surface area (Å²) in [5, 5.41) is 0. The third kappa shape index (κ3) is 3.58. The minimum Gasteiger partial charge on any atom is -0.497 e. The molecule has 0 saturated heterocycles. The van der Waals surface area contributed by atoms with E-state index in [2.05, 4.69) is 32.9 Å². The predicted octanol–water partition coefficient (Wildman–Crippen LogP) is 3.92. The van der Waals surface area contributed by atoms with Crippen molar-refractivity contribution < 1.29 is 4.74 Å². The summed E-state index contributed by atoms with van der Waals surface area (Å²) in [5.41, 5.74) is 1.41. The Kier molecular flexibility index (Phi) is 4.67. The molecule has 0 N–H and O–H groups in total. The number of hydrogen-bond acceptors (Lipinski definition) is 1. The van der Waals surface area contributed by atoms with E-state index in [1.165, 1.54) is 18.4 Å². The molecule has 0 fully saturated rings. The molecule has 0 amide bonds. The van der Waals surface area contributed by atoms with Crippen LogP contribution in [0.2, 0.25) is 0 Å². The van der Waals surface area contributed by atoms with Crippen LogP contribution in [0, 0.1) is 11.8 Å². The van der Waals surface area contributed by atoms with Gasteiger partial charge in [0.25, 0.3) is 0 Å². The maximum absolute atomic E-state index is 5.15. The first-order chi connectivity index (χ1) is 7.17. The van der Waals surface area contributed by atoms with E-state index in [0.717, 1.165) is 17.6 Å². The Morgan fingerprint density at radius 1 is 1.13 bits per heavy atom. The molecule has 1 atom stereocenters. The Balaban J connectivity index is 2.63. The van der Waals surface area contributed by atoms with Crippen LogP contribution in [-0.4, -0.2) is 7.11 Å². The van der Waals surface area contributed by atoms with Gasteiger partial charge in [-0.15, -0.1) is 0 Å². The van der Waals surface area contributed by atoms with Gasteiger partial charge < -0.3 is 4.74 Å². The predicted molar refractivity (Wildman–Crippen MR) is 65.3 cm³/mol. The molecule has 0 bridgehead atoms. The normalized spacial score (nSPS) is 12.9. The Morgan fingerprint density at radius 3 is 2.13 bits per heavy atom. The second kappa shape index (κ2) is 5.79. The molecule has 0 aliphatic rings. The van der Waals surface area contributed by atoms with E-state index >= 15 is 0 Å². The zero-order valence-electron chi connectivity index (χ0n) is 10.3. The molecule has 1 nitrogen and oxygen atoms in total. The van der Waals surface area contributed by atoms with Crippen LogP contribution >= 0.6 is 0 Å². The number of methoxy groups -OCH3 is 1. The zero-order valence-corrected chi connectivity index (χ0v) is 10.3. The minimum atomic E-state index is 0.761. The summed E-state index contributed by atoms with van der Waals surface area (Å²) in [6, 6.07) is 8.43. The molecule has 0 aliphatic heterocycles. The average Bonchev–Trinajstić information content (AvgIpc) is 2.26. The quantitative estimate of drug-likeness (QED) is 0.709. The van der Waals surface area contributed by atoms with Crippen LogP contribution < -0.4 is 4.74 Å². The van der Waals surface area contributed by atoms with E-state index in [0.29, 0.717) is 0 Å². The molecule has 1 aromatic carbocycles. The highest BCUT2D eigenvalue weighted by molar-refractivity contribution is 5.27. The highest BCUT2D eigenvalue weighted by Gasteiger charge is 2.11. The number of ether oxygens (including phenoxy) is 1. The van der Waals surface area contributed by atoms with E-state index in [-0.39, 0.29) is 0 Å². The zero-order chi connectivity index (χ0) is 11.3. The molecule has 0 saturated carbocycles. The fourth-order valence-corrected chi connectivity index (χ4v) is 1.92. The molecule has 1 rings (SSSR count). The molecule has 0 aromatic heterocycles. The molecule has 0 aliphatic carbocycles. The molecule has 1 unspecified atom stereocenters. The van der Waals surface area contributed by atoms with Gasteiger partial charge in [0.1, 0.15) is 5.75 Å². The summed E-state index contributed by atoms with van der Waals surface area (Å²) in [4.78, 5) is 0. The fraction of sp³-hybridized carbons (Fsp3) is 0.571. The molecule has 15 heavy (non-hydrogen) atoms. The first-order valence-corrected chi connectivity index (χ1v) is 5.80. The second-order valence-electron chi connectivity index (χ2n) is 4.46. The summed E-state index contributed by atoms with van der Waals surface area (Å²) in [6.07, 6.45) is 2.43. The smallest absolute Gasteiger partial charge is 0.118 e. The van der Waals surface area contributed by atoms with Gasteiger partial charge in [0.2, 0.25) is 0 Å². The molecule has 1 aromatic rings. The van der Waals surface area contributed by atoms with Crippen molar-refractivity contribution in [1.82, 2.24) is 0 Å². The summed E-state index contributed by atoms with van der Waals surface area (Å²) in [7, 11) is 1.71. The maximum Gasteiger partial charge on any atom is 0.118 e. The lowest BCUT2D eigenvalue weighted by Gasteiger charge is -2.18. The van der Waals surface area contributed by atoms with Crippen LogP contribution in [0.25, 0.3) is 0 Å². The van der Waals surface area contributed by atoms with Crippen LogP contribution in [-0.2, 0) is 6.42 Å². The maximum atomic E-state index is 5.15. The van der Waals surface area contributed by atoms with Crippen LogP contribution in [0.4, 0.5) is 0 Å². The highest BCUT2D eigenvalue weighted by atomic mass is 16.5. The first kappa shape index (κ1) is 12.1. The van der Waals surface area contributed by atoms with Crippen molar-refractivity contribution in [2.24, 2.45) is 11.8 Å². The minimum absolute atomic E-state index is 0.761. The topological polar surface area (TPSA) is 9.23 Å². The molecular formula is C14H22O. The van der Waals surface area contributed by atoms with Gasteiger partial charge >= 0.3 is 0 Å². The fourth-order valence-electron chi connectivity index (χ4n) is 1.92. The molecule has 0 heterocycles. The van der Waals surface area contributed by atoms with Crippen LogP contribution in [0.3, 0.4) is 0 Å². The third-order valence-corrected chi connectivity index (χ3v) is 3.12. The van der Waals surface area contributed by atoms with E-state index in [1.54, 1.807) is 7.11 Å². The Labute approximate surface area is 93.5 Å². The molecule has 84 valence electrons. The number of rotatable bonds is 5. The van der Waals surface area contributed by atoms with E-state index in [9.17, 15) is 0 Å². The summed E-state index contributed by atoms with van der Waals surface area (Å²) in [6.45, 7) is 6.88. The lowest BCUT2D eigenvalue weighted by Crippen LogP contribution is -2.10. The van der Waals surface area contributed by atoms with E-state index < -0.39 is 0 Å². The van der Waals surface area contributed by atoms with Gasteiger partial charge in [0.15, 0.2) is 0 Å². The Hall–Kier alpha value is -0.980. The van der Waals surface area contributed by atoms with Crippen molar-refractivity contribution in [2.45, 2.75) is 33.6 Å². The largest absolute Gasteiger partial charge is 0.497 e. The van der Waals surface area contributed by atoms with Gasteiger partial charge in [0.05, 0.1) is 7.11 Å². The Bertz CT molecular complexity index is 274. The van der Waals surface area contributed by atoms with Crippen molar-refractivity contribution in [3.63, 3.8) is 0 Å². The lowest BCUT2D eigenvalue weighted by molar-refractivity contribution is 0.370. The molecule has 1 heteroatoms. The highest BCUT2D eigenvalue weighted by Crippen LogP contribution is 2.21. The molecule has 0 spiro atoms. The van der Waals surface area contributed by atoms with Crippen LogP contribution in [0.5, 0.6) is 5.75 Å². The van der Waals surface area contributed by atoms with E-state index in [1.807, 2.05) is 12.1 Å². The summed E-state index contributed by atoms with van der Waals surface area (Å²) >= 11 is 0. The van der Waals surface area contributed by atoms with Crippen LogP contribution in [0.1, 0.15) is 32.8 Å². The monoisotopic (exact) mass is 206 g/mol. The van der Waals surface area contributed by atoms with Crippen molar-refractivity contribution in [3.8, 4) is 5.75 Å². The third-order valence-electron chi connectivity index (χ3n) is 3.12. The van der Waals surface area contributed by atoms with Crippen molar-refractivity contribution >= 4 is 0 Å². The second-order valence-corrected chi connectivity index (χ2v) is 4.46. The summed E-state index contributed by atoms with van der Waals surface area (Å²) < 4.78 is 5.15. The van der Waals surface area contributed by atoms with Gasteiger partial charge in [-0.2, -0.15) is 0 Å². The van der Waals surface area contributed by atoms with Crippen molar-refractivity contribution in [1.29, 1.82) is 0 Å². The van der Waals surface area contributed by atoms with Crippen LogP contribution in [0.15, 0.2) is 24.3 Å². The average molecular weight is 206 g/mol. The number of benzene rings is 1. The molecular weight excluding hydrogens is 184 g/mol. The van der Waals surface area contributed by atoms with Gasteiger partial charge in [-0.05, 0) is 36.0 Å². The lowest BCUT2D eigenvalue weighted by atomic mass is 9.87. The van der Waals surface area contributed by atoms with Gasteiger partial charge in [0, 0.05) is 0 Å². The Morgan fingerprint density at radius 2 is 1.73 bits per heavy atom. The van der Waals surface area contributed by atoms with Crippen molar-refractivity contribution in [3.05, 3.63) is 29.8 Å². The van der Waals surface area contributed by atoms with E-state index in [4.69, 9.17) is 4.74 Å². The van der Waals surface area contributed by atoms with Gasteiger partial charge in [-0.1, -0.05) is 39.3 Å². The van der Waals surface area contributed by atoms with Gasteiger partial charge in [-0.3, -0.25) is 0 Å². The van der Waals surface area contributed by atoms with Crippen molar-refractivity contribution in [2.75, 3.05) is 7.11 Å². The number of hydrogen-bond donors (Lipinski definition) is 0.